The van der Waals surface area contributed by atoms with Crippen LogP contribution < -0.4 is 5.32 Å². The van der Waals surface area contributed by atoms with Gasteiger partial charge < -0.3 is 19.7 Å². The summed E-state index contributed by atoms with van der Waals surface area (Å²) in [7, 11) is 0. The van der Waals surface area contributed by atoms with Crippen LogP contribution in [0.2, 0.25) is 0 Å². The maximum absolute atomic E-state index is 16.0. The Morgan fingerprint density at radius 2 is 1.84 bits per heavy atom. The van der Waals surface area contributed by atoms with Crippen LogP contribution in [0.5, 0.6) is 0 Å². The summed E-state index contributed by atoms with van der Waals surface area (Å²) in [5.41, 5.74) is -4.19. The van der Waals surface area contributed by atoms with Crippen molar-refractivity contribution in [1.82, 2.24) is 9.88 Å². The Bertz CT molecular complexity index is 1270. The highest BCUT2D eigenvalue weighted by Crippen LogP contribution is 2.40. The Kier molecular flexibility index (Phi) is 7.72. The Balaban J connectivity index is 2.02. The zero-order chi connectivity index (χ0) is 27.7. The van der Waals surface area contributed by atoms with Crippen molar-refractivity contribution in [3.8, 4) is 6.07 Å². The van der Waals surface area contributed by atoms with Gasteiger partial charge in [-0.15, -0.1) is 0 Å². The number of aromatic nitrogens is 1. The van der Waals surface area contributed by atoms with Gasteiger partial charge in [0.15, 0.2) is 11.6 Å². The monoisotopic (exact) mass is 518 g/mol. The van der Waals surface area contributed by atoms with Gasteiger partial charge in [-0.05, 0) is 47.6 Å². The van der Waals surface area contributed by atoms with Crippen LogP contribution in [0.1, 0.15) is 61.7 Å². The van der Waals surface area contributed by atoms with Crippen LogP contribution in [0, 0.1) is 35.7 Å². The lowest BCUT2D eigenvalue weighted by atomic mass is 9.74. The number of nitriles is 1. The zero-order valence-electron chi connectivity index (χ0n) is 21.5. The summed E-state index contributed by atoms with van der Waals surface area (Å²) in [6.45, 7) is 9.57. The van der Waals surface area contributed by atoms with Gasteiger partial charge in [0.1, 0.15) is 22.7 Å². The van der Waals surface area contributed by atoms with Crippen LogP contribution in [-0.4, -0.2) is 53.3 Å². The number of nitrogens with one attached hydrogen (secondary N) is 1. The first-order valence-electron chi connectivity index (χ1n) is 11.7. The Hall–Kier alpha value is -3.81. The number of halogens is 3. The van der Waals surface area contributed by atoms with E-state index in [2.05, 4.69) is 10.3 Å². The third kappa shape index (κ3) is 5.48. The van der Waals surface area contributed by atoms with E-state index in [1.807, 2.05) is 6.07 Å². The molecule has 0 bridgehead atoms. The zero-order valence-corrected chi connectivity index (χ0v) is 21.5. The minimum absolute atomic E-state index is 0.0320. The van der Waals surface area contributed by atoms with Gasteiger partial charge >= 0.3 is 12.1 Å². The number of nitrogens with zero attached hydrogens (tertiary/aromatic N) is 3. The molecule has 11 heteroatoms. The fraction of sp³-hybridized carbons (Fsp3) is 0.462. The molecule has 1 aromatic heterocycles. The molecule has 1 N–H and O–H groups in total. The summed E-state index contributed by atoms with van der Waals surface area (Å²) >= 11 is 0. The van der Waals surface area contributed by atoms with E-state index < -0.39 is 52.1 Å². The van der Waals surface area contributed by atoms with Gasteiger partial charge in [0.05, 0.1) is 24.3 Å². The van der Waals surface area contributed by atoms with Gasteiger partial charge in [0.2, 0.25) is 0 Å². The number of rotatable bonds is 6. The molecule has 1 amide bonds. The summed E-state index contributed by atoms with van der Waals surface area (Å²) in [4.78, 5) is 30.3. The number of hydrogen-bond acceptors (Lipinski definition) is 7. The summed E-state index contributed by atoms with van der Waals surface area (Å²) in [5, 5.41) is 13.0. The van der Waals surface area contributed by atoms with E-state index in [9.17, 15) is 19.2 Å². The molecule has 1 saturated heterocycles. The van der Waals surface area contributed by atoms with Gasteiger partial charge in [-0.2, -0.15) is 5.26 Å². The van der Waals surface area contributed by atoms with E-state index in [4.69, 9.17) is 9.47 Å². The SMILES string of the molecule is CCOC(=O)c1cnc(NC2CN(C(=O)OC(C)(C)C)C2)c(F)c1C(C)(C#N)c1ccc(F)c(C)c1F. The number of esters is 1. The number of benzene rings is 1. The van der Waals surface area contributed by atoms with E-state index in [1.165, 1.54) is 18.7 Å². The van der Waals surface area contributed by atoms with Crippen LogP contribution in [0.25, 0.3) is 0 Å². The van der Waals surface area contributed by atoms with Gasteiger partial charge in [-0.25, -0.2) is 27.7 Å². The summed E-state index contributed by atoms with van der Waals surface area (Å²) in [6, 6.07) is 3.53. The molecule has 1 aromatic carbocycles. The topological polar surface area (TPSA) is 105 Å². The second-order valence-electron chi connectivity index (χ2n) is 9.93. The number of pyridine rings is 1. The first kappa shape index (κ1) is 27.8. The van der Waals surface area contributed by atoms with Crippen molar-refractivity contribution in [3.05, 3.63) is 58.0 Å². The highest BCUT2D eigenvalue weighted by molar-refractivity contribution is 5.92. The third-order valence-electron chi connectivity index (χ3n) is 5.97. The first-order chi connectivity index (χ1) is 17.2. The molecule has 1 aliphatic heterocycles. The van der Waals surface area contributed by atoms with Crippen molar-refractivity contribution < 1.29 is 32.2 Å². The van der Waals surface area contributed by atoms with E-state index in [-0.39, 0.29) is 42.2 Å². The number of likely N-dealkylation sites (tertiary alicyclic amines) is 1. The molecule has 0 aliphatic carbocycles. The number of anilines is 1. The van der Waals surface area contributed by atoms with Crippen LogP contribution in [-0.2, 0) is 14.9 Å². The quantitative estimate of drug-likeness (QED) is 0.546. The van der Waals surface area contributed by atoms with E-state index in [0.29, 0.717) is 0 Å². The molecule has 2 heterocycles. The molecule has 8 nitrogen and oxygen atoms in total. The molecule has 37 heavy (non-hydrogen) atoms. The molecule has 1 aliphatic rings. The second-order valence-corrected chi connectivity index (χ2v) is 9.93. The molecule has 0 saturated carbocycles. The molecule has 1 unspecified atom stereocenters. The van der Waals surface area contributed by atoms with Gasteiger partial charge in [0.25, 0.3) is 0 Å². The molecule has 1 fully saturated rings. The van der Waals surface area contributed by atoms with E-state index >= 15 is 8.78 Å². The lowest BCUT2D eigenvalue weighted by Gasteiger charge is -2.40. The smallest absolute Gasteiger partial charge is 0.410 e. The van der Waals surface area contributed by atoms with Crippen molar-refractivity contribution in [3.63, 3.8) is 0 Å². The number of amides is 1. The number of carbonyl (C=O) groups excluding carboxylic acids is 2. The fourth-order valence-electron chi connectivity index (χ4n) is 3.98. The lowest BCUT2D eigenvalue weighted by Crippen LogP contribution is -2.58. The molecule has 0 spiro atoms. The minimum atomic E-state index is -2.05. The van der Waals surface area contributed by atoms with Crippen LogP contribution in [0.3, 0.4) is 0 Å². The maximum Gasteiger partial charge on any atom is 0.410 e. The predicted molar refractivity (Wildman–Crippen MR) is 129 cm³/mol. The molecular weight excluding hydrogens is 489 g/mol. The molecule has 2 aromatic rings. The first-order valence-corrected chi connectivity index (χ1v) is 11.7. The van der Waals surface area contributed by atoms with Gasteiger partial charge in [0, 0.05) is 36.0 Å². The molecule has 3 rings (SSSR count). The molecular formula is C26H29F3N4O4. The Morgan fingerprint density at radius 1 is 1.19 bits per heavy atom. The van der Waals surface area contributed by atoms with Crippen molar-refractivity contribution in [2.24, 2.45) is 0 Å². The fourth-order valence-corrected chi connectivity index (χ4v) is 3.98. The van der Waals surface area contributed by atoms with Crippen molar-refractivity contribution in [1.29, 1.82) is 5.26 Å². The van der Waals surface area contributed by atoms with Crippen LogP contribution in [0.4, 0.5) is 23.8 Å². The molecule has 0 radical (unpaired) electrons. The van der Waals surface area contributed by atoms with Crippen LogP contribution in [0.15, 0.2) is 18.3 Å². The summed E-state index contributed by atoms with van der Waals surface area (Å²) in [6.07, 6.45) is 0.531. The van der Waals surface area contributed by atoms with Crippen LogP contribution >= 0.6 is 0 Å². The maximum atomic E-state index is 16.0. The van der Waals surface area contributed by atoms with E-state index in [0.717, 1.165) is 18.3 Å². The molecule has 1 atom stereocenters. The average Bonchev–Trinajstić information content (AvgIpc) is 2.78. The van der Waals surface area contributed by atoms with E-state index in [1.54, 1.807) is 27.7 Å². The highest BCUT2D eigenvalue weighted by atomic mass is 19.1. The number of hydrogen-bond donors (Lipinski definition) is 1. The standard InChI is InChI=1S/C26H29F3N4O4/c1-7-36-23(34)16-10-31-22(32-15-11-33(12-15)24(35)37-25(3,4)5)21(29)19(16)26(6,13-30)17-8-9-18(27)14(2)20(17)28/h8-10,15H,7,11-12H2,1-6H3,(H,31,32). The van der Waals surface area contributed by atoms with Crippen molar-refractivity contribution >= 4 is 17.9 Å². The summed E-state index contributed by atoms with van der Waals surface area (Å²) in [5.74, 6) is -4.17. The predicted octanol–water partition coefficient (Wildman–Crippen LogP) is 4.84. The van der Waals surface area contributed by atoms with Crippen molar-refractivity contribution in [2.45, 2.75) is 58.6 Å². The normalized spacial score (nSPS) is 15.3. The highest BCUT2D eigenvalue weighted by Gasteiger charge is 2.41. The van der Waals surface area contributed by atoms with Gasteiger partial charge in [-0.3, -0.25) is 0 Å². The minimum Gasteiger partial charge on any atom is -0.462 e. The number of carbonyl (C=O) groups is 2. The Labute approximate surface area is 213 Å². The number of ether oxygens (including phenoxy) is 2. The Morgan fingerprint density at radius 3 is 2.41 bits per heavy atom. The molecule has 198 valence electrons. The average molecular weight is 519 g/mol. The largest absolute Gasteiger partial charge is 0.462 e. The van der Waals surface area contributed by atoms with Gasteiger partial charge in [-0.1, -0.05) is 6.07 Å². The third-order valence-corrected chi connectivity index (χ3v) is 5.97. The lowest BCUT2D eigenvalue weighted by molar-refractivity contribution is 0.0104. The summed E-state index contributed by atoms with van der Waals surface area (Å²) < 4.78 is 55.4. The van der Waals surface area contributed by atoms with Crippen molar-refractivity contribution in [2.75, 3.05) is 25.0 Å². The second kappa shape index (κ2) is 10.3.